The highest BCUT2D eigenvalue weighted by Crippen LogP contribution is 2.28. The van der Waals surface area contributed by atoms with Gasteiger partial charge in [-0.3, -0.25) is 9.59 Å². The van der Waals surface area contributed by atoms with Gasteiger partial charge in [0, 0.05) is 23.3 Å². The van der Waals surface area contributed by atoms with Crippen LogP contribution >= 0.6 is 23.2 Å². The second kappa shape index (κ2) is 12.9. The Morgan fingerprint density at radius 1 is 1.02 bits per heavy atom. The number of pyridine rings is 1. The van der Waals surface area contributed by atoms with Crippen molar-refractivity contribution in [2.24, 2.45) is 0 Å². The average molecular weight is 660 g/mol. The van der Waals surface area contributed by atoms with Gasteiger partial charge in [0.25, 0.3) is 17.6 Å². The largest absolute Gasteiger partial charge is 0.496 e. The molecule has 0 aliphatic carbocycles. The predicted octanol–water partition coefficient (Wildman–Crippen LogP) is 5.13. The van der Waals surface area contributed by atoms with Crippen LogP contribution in [-0.2, 0) is 19.3 Å². The van der Waals surface area contributed by atoms with Gasteiger partial charge in [-0.1, -0.05) is 41.4 Å². The molecule has 2 N–H and O–H groups in total. The van der Waals surface area contributed by atoms with Crippen LogP contribution in [0.15, 0.2) is 60.8 Å². The number of alkyl halides is 3. The van der Waals surface area contributed by atoms with E-state index in [0.717, 1.165) is 10.2 Å². The van der Waals surface area contributed by atoms with Gasteiger partial charge in [0.05, 0.1) is 29.1 Å². The number of carbonyl (C=O) groups excluding carboxylic acids is 2. The Labute approximate surface area is 263 Å². The lowest BCUT2D eigenvalue weighted by atomic mass is 10.1. The number of aromatic nitrogens is 7. The maximum atomic E-state index is 13.8. The van der Waals surface area contributed by atoms with Crippen LogP contribution in [-0.4, -0.2) is 53.9 Å². The van der Waals surface area contributed by atoms with Gasteiger partial charge in [-0.25, -0.2) is 9.67 Å². The molecule has 5 aromatic rings. The maximum absolute atomic E-state index is 13.8. The highest BCUT2D eigenvalue weighted by molar-refractivity contribution is 6.32. The van der Waals surface area contributed by atoms with Crippen molar-refractivity contribution < 1.29 is 27.5 Å². The van der Waals surface area contributed by atoms with E-state index in [4.69, 9.17) is 27.9 Å². The van der Waals surface area contributed by atoms with E-state index >= 15 is 0 Å². The van der Waals surface area contributed by atoms with Crippen molar-refractivity contribution in [1.82, 2.24) is 40.3 Å². The van der Waals surface area contributed by atoms with Crippen molar-refractivity contribution in [1.29, 1.82) is 0 Å². The molecule has 2 aromatic carbocycles. The number of ether oxygens (including phenoxy) is 1. The molecule has 3 heterocycles. The molecule has 0 saturated heterocycles. The van der Waals surface area contributed by atoms with E-state index in [0.29, 0.717) is 16.1 Å². The number of halogens is 5. The zero-order chi connectivity index (χ0) is 32.3. The molecule has 5 rings (SSSR count). The summed E-state index contributed by atoms with van der Waals surface area (Å²) < 4.78 is 45.4. The molecule has 2 amide bonds. The van der Waals surface area contributed by atoms with E-state index in [-0.39, 0.29) is 51.6 Å². The summed E-state index contributed by atoms with van der Waals surface area (Å²) in [6.07, 6.45) is -3.37. The fraction of sp³-hybridized carbons (Fsp3) is 0.179. The molecule has 232 valence electrons. The van der Waals surface area contributed by atoms with E-state index in [2.05, 4.69) is 36.1 Å². The molecule has 17 heteroatoms. The number of methoxy groups -OCH3 is 1. The Kier molecular flexibility index (Phi) is 9.01. The number of anilines is 1. The number of benzene rings is 2. The van der Waals surface area contributed by atoms with Gasteiger partial charge in [0.15, 0.2) is 5.82 Å². The molecule has 0 bridgehead atoms. The van der Waals surface area contributed by atoms with Crippen LogP contribution < -0.4 is 15.4 Å². The summed E-state index contributed by atoms with van der Waals surface area (Å²) in [5.74, 6) is -2.03. The van der Waals surface area contributed by atoms with Gasteiger partial charge >= 0.3 is 6.18 Å². The first-order chi connectivity index (χ1) is 21.4. The van der Waals surface area contributed by atoms with Crippen LogP contribution in [0.3, 0.4) is 0 Å². The molecule has 0 fully saturated rings. The van der Waals surface area contributed by atoms with Gasteiger partial charge in [0.2, 0.25) is 0 Å². The second-order valence-electron chi connectivity index (χ2n) is 9.48. The van der Waals surface area contributed by atoms with Crippen LogP contribution in [0, 0.1) is 6.92 Å². The molecule has 12 nitrogen and oxygen atoms in total. The first kappa shape index (κ1) is 31.4. The van der Waals surface area contributed by atoms with E-state index in [1.54, 1.807) is 43.3 Å². The van der Waals surface area contributed by atoms with Crippen LogP contribution in [0.5, 0.6) is 5.75 Å². The number of aryl methyl sites for hydroxylation is 1. The standard InChI is InChI=1S/C28H22Cl2F3N9O3/c1-15-10-17(29)11-19(25(43)35-13-16-6-3-4-8-22(16)45-2)23(15)36-26(44)21-12-18(14-41-39-27(37-40-41)28(31,32)33)38-42(21)24-20(30)7-5-9-34-24/h3-12H,13-14H2,1-2H3,(H,35,43)(H,36,44). The summed E-state index contributed by atoms with van der Waals surface area (Å²) in [5.41, 5.74) is 1.44. The molecule has 45 heavy (non-hydrogen) atoms. The predicted molar refractivity (Wildman–Crippen MR) is 157 cm³/mol. The molecule has 0 saturated carbocycles. The van der Waals surface area contributed by atoms with Crippen molar-refractivity contribution in [3.05, 3.63) is 105 Å². The first-order valence-corrected chi connectivity index (χ1v) is 13.8. The quantitative estimate of drug-likeness (QED) is 0.222. The fourth-order valence-corrected chi connectivity index (χ4v) is 4.79. The second-order valence-corrected chi connectivity index (χ2v) is 10.3. The number of rotatable bonds is 9. The first-order valence-electron chi connectivity index (χ1n) is 13.0. The van der Waals surface area contributed by atoms with Gasteiger partial charge < -0.3 is 15.4 Å². The number of nitrogens with one attached hydrogen (secondary N) is 2. The summed E-state index contributed by atoms with van der Waals surface area (Å²) in [4.78, 5) is 32.0. The Hall–Kier alpha value is -5.02. The summed E-state index contributed by atoms with van der Waals surface area (Å²) in [7, 11) is 1.52. The normalized spacial score (nSPS) is 11.4. The van der Waals surface area contributed by atoms with Crippen molar-refractivity contribution in [3.63, 3.8) is 0 Å². The van der Waals surface area contributed by atoms with E-state index in [9.17, 15) is 22.8 Å². The zero-order valence-electron chi connectivity index (χ0n) is 23.4. The van der Waals surface area contributed by atoms with Crippen LogP contribution in [0.25, 0.3) is 5.82 Å². The van der Waals surface area contributed by atoms with Gasteiger partial charge in [-0.2, -0.15) is 23.1 Å². The molecule has 0 radical (unpaired) electrons. The Balaban J connectivity index is 1.47. The molecule has 0 unspecified atom stereocenters. The van der Waals surface area contributed by atoms with Crippen molar-refractivity contribution in [3.8, 4) is 11.6 Å². The number of nitrogens with zero attached hydrogens (tertiary/aromatic N) is 7. The van der Waals surface area contributed by atoms with Crippen LogP contribution in [0.1, 0.15) is 43.5 Å². The number of carbonyl (C=O) groups is 2. The van der Waals surface area contributed by atoms with Crippen LogP contribution in [0.4, 0.5) is 18.9 Å². The summed E-state index contributed by atoms with van der Waals surface area (Å²) in [5, 5.41) is 20.1. The maximum Gasteiger partial charge on any atom is 0.455 e. The van der Waals surface area contributed by atoms with Gasteiger partial charge in [-0.15, -0.1) is 10.2 Å². The van der Waals surface area contributed by atoms with E-state index in [1.807, 2.05) is 0 Å². The molecular weight excluding hydrogens is 638 g/mol. The molecule has 3 aromatic heterocycles. The Morgan fingerprint density at radius 2 is 1.80 bits per heavy atom. The minimum absolute atomic E-state index is 0.0701. The van der Waals surface area contributed by atoms with E-state index < -0.39 is 23.8 Å². The molecule has 0 aliphatic heterocycles. The summed E-state index contributed by atoms with van der Waals surface area (Å²) >= 11 is 12.6. The third-order valence-electron chi connectivity index (χ3n) is 6.36. The Bertz CT molecular complexity index is 1890. The van der Waals surface area contributed by atoms with E-state index in [1.165, 1.54) is 31.5 Å². The number of hydrogen-bond donors (Lipinski definition) is 2. The lowest BCUT2D eigenvalue weighted by Crippen LogP contribution is -2.26. The number of tetrazole rings is 1. The lowest BCUT2D eigenvalue weighted by molar-refractivity contribution is -0.145. The fourth-order valence-electron chi connectivity index (χ4n) is 4.32. The summed E-state index contributed by atoms with van der Waals surface area (Å²) in [6, 6.07) is 14.5. The SMILES string of the molecule is COc1ccccc1CNC(=O)c1cc(Cl)cc(C)c1NC(=O)c1cc(Cn2nnc(C(F)(F)F)n2)nn1-c1ncccc1Cl. The third kappa shape index (κ3) is 7.05. The molecular formula is C28H22Cl2F3N9O3. The zero-order valence-corrected chi connectivity index (χ0v) is 24.9. The molecule has 0 aliphatic rings. The highest BCUT2D eigenvalue weighted by atomic mass is 35.5. The van der Waals surface area contributed by atoms with Crippen LogP contribution in [0.2, 0.25) is 10.0 Å². The van der Waals surface area contributed by atoms with Gasteiger partial charge in [0.1, 0.15) is 18.0 Å². The van der Waals surface area contributed by atoms with Crippen molar-refractivity contribution in [2.45, 2.75) is 26.2 Å². The monoisotopic (exact) mass is 659 g/mol. The number of amides is 2. The highest BCUT2D eigenvalue weighted by Gasteiger charge is 2.37. The number of hydrogen-bond acceptors (Lipinski definition) is 8. The summed E-state index contributed by atoms with van der Waals surface area (Å²) in [6.45, 7) is 1.42. The topological polar surface area (TPSA) is 142 Å². The molecule has 0 spiro atoms. The average Bonchev–Trinajstić information content (AvgIpc) is 3.65. The van der Waals surface area contributed by atoms with Crippen molar-refractivity contribution in [2.75, 3.05) is 12.4 Å². The molecule has 0 atom stereocenters. The minimum Gasteiger partial charge on any atom is -0.496 e. The van der Waals surface area contributed by atoms with Crippen molar-refractivity contribution >= 4 is 40.7 Å². The number of para-hydroxylation sites is 1. The third-order valence-corrected chi connectivity index (χ3v) is 6.87. The lowest BCUT2D eigenvalue weighted by Gasteiger charge is -2.16. The minimum atomic E-state index is -4.79. The Morgan fingerprint density at radius 3 is 2.51 bits per heavy atom. The smallest absolute Gasteiger partial charge is 0.455 e. The van der Waals surface area contributed by atoms with Gasteiger partial charge in [-0.05, 0) is 54.1 Å².